The molecule has 0 radical (unpaired) electrons. The molecule has 0 N–H and O–H groups in total. The second-order valence-corrected chi connectivity index (χ2v) is 8.65. The lowest BCUT2D eigenvalue weighted by Crippen LogP contribution is -2.50. The van der Waals surface area contributed by atoms with Gasteiger partial charge in [-0.25, -0.2) is 4.79 Å². The molecule has 5 heteroatoms. The van der Waals surface area contributed by atoms with Crippen molar-refractivity contribution in [3.05, 3.63) is 0 Å². The van der Waals surface area contributed by atoms with Crippen LogP contribution in [-0.2, 0) is 9.47 Å². The Kier molecular flexibility index (Phi) is 7.85. The fourth-order valence-electron chi connectivity index (χ4n) is 3.03. The minimum absolute atomic E-state index is 0.271. The number of amides is 1. The van der Waals surface area contributed by atoms with Crippen LogP contribution in [0.25, 0.3) is 0 Å². The van der Waals surface area contributed by atoms with Crippen LogP contribution in [0.5, 0.6) is 0 Å². The molecule has 1 amide bonds. The number of alkyl halides is 1. The quantitative estimate of drug-likeness (QED) is 0.598. The SMILES string of the molecule is CCN(CC(C)(CBr)OC1CCCC(C)C1)C(=O)OC(C)(C)C. The number of ether oxygens (including phenoxy) is 2. The first-order valence-corrected chi connectivity index (χ1v) is 9.92. The van der Waals surface area contributed by atoms with Gasteiger partial charge in [0.15, 0.2) is 0 Å². The zero-order valence-electron chi connectivity index (χ0n) is 15.7. The Morgan fingerprint density at radius 2 is 1.91 bits per heavy atom. The van der Waals surface area contributed by atoms with Crippen molar-refractivity contribution >= 4 is 22.0 Å². The van der Waals surface area contributed by atoms with Gasteiger partial charge < -0.3 is 14.4 Å². The van der Waals surface area contributed by atoms with Crippen molar-refractivity contribution in [2.45, 2.75) is 84.5 Å². The highest BCUT2D eigenvalue weighted by Gasteiger charge is 2.34. The van der Waals surface area contributed by atoms with Gasteiger partial charge in [-0.05, 0) is 53.4 Å². The molecule has 1 fully saturated rings. The second-order valence-electron chi connectivity index (χ2n) is 8.09. The van der Waals surface area contributed by atoms with E-state index in [4.69, 9.17) is 9.47 Å². The van der Waals surface area contributed by atoms with Crippen LogP contribution in [-0.4, -0.2) is 46.7 Å². The molecule has 1 aliphatic rings. The highest BCUT2D eigenvalue weighted by molar-refractivity contribution is 9.09. The van der Waals surface area contributed by atoms with Gasteiger partial charge in [0.1, 0.15) is 5.60 Å². The van der Waals surface area contributed by atoms with E-state index >= 15 is 0 Å². The normalized spacial score (nSPS) is 24.8. The van der Waals surface area contributed by atoms with Gasteiger partial charge in [-0.1, -0.05) is 35.7 Å². The predicted molar refractivity (Wildman–Crippen MR) is 98.2 cm³/mol. The van der Waals surface area contributed by atoms with Crippen LogP contribution in [0.3, 0.4) is 0 Å². The number of hydrogen-bond acceptors (Lipinski definition) is 3. The number of rotatable bonds is 6. The number of likely N-dealkylation sites (N-methyl/N-ethyl adjacent to an activating group) is 1. The van der Waals surface area contributed by atoms with E-state index in [2.05, 4.69) is 29.8 Å². The number of carbonyl (C=O) groups is 1. The Hall–Kier alpha value is -0.290. The standard InChI is InChI=1S/C18H34BrNO3/c1-7-20(16(21)23-17(3,4)5)13-18(6,12-19)22-15-10-8-9-14(2)11-15/h14-15H,7-13H2,1-6H3. The van der Waals surface area contributed by atoms with Gasteiger partial charge in [-0.2, -0.15) is 0 Å². The maximum absolute atomic E-state index is 12.4. The molecular formula is C18H34BrNO3. The van der Waals surface area contributed by atoms with Crippen molar-refractivity contribution in [1.82, 2.24) is 4.90 Å². The van der Waals surface area contributed by atoms with E-state index in [1.54, 1.807) is 4.90 Å². The van der Waals surface area contributed by atoms with E-state index in [0.717, 1.165) is 18.8 Å². The lowest BCUT2D eigenvalue weighted by Gasteiger charge is -2.39. The Morgan fingerprint density at radius 3 is 2.39 bits per heavy atom. The van der Waals surface area contributed by atoms with Crippen LogP contribution in [0.4, 0.5) is 4.79 Å². The van der Waals surface area contributed by atoms with Crippen LogP contribution in [0.15, 0.2) is 0 Å². The Balaban J connectivity index is 2.68. The topological polar surface area (TPSA) is 38.8 Å². The summed E-state index contributed by atoms with van der Waals surface area (Å²) in [6.07, 6.45) is 4.77. The van der Waals surface area contributed by atoms with Gasteiger partial charge in [0.2, 0.25) is 0 Å². The number of halogens is 1. The van der Waals surface area contributed by atoms with E-state index in [1.807, 2.05) is 27.7 Å². The van der Waals surface area contributed by atoms with Gasteiger partial charge in [-0.3, -0.25) is 0 Å². The Labute approximate surface area is 150 Å². The molecule has 0 aromatic heterocycles. The monoisotopic (exact) mass is 391 g/mol. The molecule has 0 heterocycles. The molecule has 0 aromatic rings. The van der Waals surface area contributed by atoms with Crippen molar-refractivity contribution in [2.75, 3.05) is 18.4 Å². The number of nitrogens with zero attached hydrogens (tertiary/aromatic N) is 1. The zero-order chi connectivity index (χ0) is 17.7. The van der Waals surface area contributed by atoms with Crippen LogP contribution in [0.2, 0.25) is 0 Å². The molecule has 136 valence electrons. The summed E-state index contributed by atoms with van der Waals surface area (Å²) in [4.78, 5) is 14.1. The second kappa shape index (κ2) is 8.70. The van der Waals surface area contributed by atoms with E-state index in [0.29, 0.717) is 24.5 Å². The van der Waals surface area contributed by atoms with Crippen molar-refractivity contribution < 1.29 is 14.3 Å². The minimum atomic E-state index is -0.477. The van der Waals surface area contributed by atoms with Gasteiger partial charge in [0.25, 0.3) is 0 Å². The highest BCUT2D eigenvalue weighted by atomic mass is 79.9. The molecule has 0 aromatic carbocycles. The van der Waals surface area contributed by atoms with Gasteiger partial charge in [0.05, 0.1) is 18.2 Å². The van der Waals surface area contributed by atoms with Gasteiger partial charge in [0, 0.05) is 11.9 Å². The van der Waals surface area contributed by atoms with Crippen LogP contribution in [0.1, 0.15) is 67.2 Å². The molecule has 1 rings (SSSR count). The predicted octanol–water partition coefficient (Wildman–Crippen LogP) is 4.99. The first-order valence-electron chi connectivity index (χ1n) is 8.80. The molecule has 0 spiro atoms. The molecule has 0 aliphatic heterocycles. The third-order valence-electron chi connectivity index (χ3n) is 4.18. The molecule has 3 unspecified atom stereocenters. The summed E-state index contributed by atoms with van der Waals surface area (Å²) in [6, 6.07) is 0. The molecule has 1 saturated carbocycles. The van der Waals surface area contributed by atoms with Gasteiger partial charge >= 0.3 is 6.09 Å². The molecule has 0 bridgehead atoms. The molecule has 3 atom stereocenters. The number of carbonyl (C=O) groups excluding carboxylic acids is 1. The van der Waals surface area contributed by atoms with Crippen LogP contribution < -0.4 is 0 Å². The fraction of sp³-hybridized carbons (Fsp3) is 0.944. The van der Waals surface area contributed by atoms with Crippen molar-refractivity contribution in [2.24, 2.45) is 5.92 Å². The summed E-state index contributed by atoms with van der Waals surface area (Å²) in [7, 11) is 0. The summed E-state index contributed by atoms with van der Waals surface area (Å²) < 4.78 is 11.9. The zero-order valence-corrected chi connectivity index (χ0v) is 17.2. The largest absolute Gasteiger partial charge is 0.444 e. The average molecular weight is 392 g/mol. The summed E-state index contributed by atoms with van der Waals surface area (Å²) in [5.74, 6) is 0.724. The lowest BCUT2D eigenvalue weighted by atomic mass is 9.88. The van der Waals surface area contributed by atoms with Crippen molar-refractivity contribution in [3.8, 4) is 0 Å². The maximum Gasteiger partial charge on any atom is 0.410 e. The summed E-state index contributed by atoms with van der Waals surface area (Å²) in [5, 5.41) is 0.699. The first kappa shape index (κ1) is 20.8. The van der Waals surface area contributed by atoms with E-state index in [-0.39, 0.29) is 6.09 Å². The van der Waals surface area contributed by atoms with E-state index in [9.17, 15) is 4.79 Å². The van der Waals surface area contributed by atoms with Crippen molar-refractivity contribution in [1.29, 1.82) is 0 Å². The third-order valence-corrected chi connectivity index (χ3v) is 5.37. The third kappa shape index (κ3) is 7.42. The highest BCUT2D eigenvalue weighted by Crippen LogP contribution is 2.30. The fourth-order valence-corrected chi connectivity index (χ4v) is 3.34. The van der Waals surface area contributed by atoms with E-state index < -0.39 is 11.2 Å². The Morgan fingerprint density at radius 1 is 1.26 bits per heavy atom. The lowest BCUT2D eigenvalue weighted by molar-refractivity contribution is -0.0998. The van der Waals surface area contributed by atoms with Gasteiger partial charge in [-0.15, -0.1) is 0 Å². The maximum atomic E-state index is 12.4. The molecular weight excluding hydrogens is 358 g/mol. The molecule has 23 heavy (non-hydrogen) atoms. The van der Waals surface area contributed by atoms with Crippen LogP contribution in [0, 0.1) is 5.92 Å². The van der Waals surface area contributed by atoms with Crippen molar-refractivity contribution in [3.63, 3.8) is 0 Å². The summed E-state index contributed by atoms with van der Waals surface area (Å²) in [6.45, 7) is 13.2. The van der Waals surface area contributed by atoms with E-state index in [1.165, 1.54) is 12.8 Å². The molecule has 1 aliphatic carbocycles. The average Bonchev–Trinajstić information content (AvgIpc) is 2.43. The smallest absolute Gasteiger partial charge is 0.410 e. The molecule has 4 nitrogen and oxygen atoms in total. The number of hydrogen-bond donors (Lipinski definition) is 0. The molecule has 0 saturated heterocycles. The minimum Gasteiger partial charge on any atom is -0.444 e. The summed E-state index contributed by atoms with van der Waals surface area (Å²) >= 11 is 3.58. The van der Waals surface area contributed by atoms with Crippen LogP contribution >= 0.6 is 15.9 Å². The Bertz CT molecular complexity index is 383. The summed E-state index contributed by atoms with van der Waals surface area (Å²) in [5.41, 5.74) is -0.871. The first-order chi connectivity index (χ1) is 10.6.